The predicted molar refractivity (Wildman–Crippen MR) is 86.8 cm³/mol. The summed E-state index contributed by atoms with van der Waals surface area (Å²) in [6.07, 6.45) is 3.95. The van der Waals surface area contributed by atoms with E-state index in [2.05, 4.69) is 14.9 Å². The molecule has 5 nitrogen and oxygen atoms in total. The number of carbonyl (C=O) groups is 1. The smallest absolute Gasteiger partial charge is 0.261 e. The number of amides is 1. The Morgan fingerprint density at radius 1 is 1.48 bits per heavy atom. The summed E-state index contributed by atoms with van der Waals surface area (Å²) >= 11 is 5.99. The standard InChI is InChI=1S/C17H18ClN3O2/c1-10-8-21-9-13(3-5-16(21)19-10)20-17(22)15-7-11-6-12(18)2-4-14(11)23-15/h2,4,6,8,13,15H,3,5,7,9H2,1H3,(H,20,22)/t13-,15+/m1/s1. The molecule has 23 heavy (non-hydrogen) atoms. The van der Waals surface area contributed by atoms with Gasteiger partial charge in [-0.3, -0.25) is 4.79 Å². The number of fused-ring (bicyclic) bond motifs is 2. The number of nitrogens with zero attached hydrogens (tertiary/aromatic N) is 2. The number of halogens is 1. The summed E-state index contributed by atoms with van der Waals surface area (Å²) in [5.41, 5.74) is 2.02. The van der Waals surface area contributed by atoms with Crippen molar-refractivity contribution in [1.29, 1.82) is 0 Å². The van der Waals surface area contributed by atoms with Crippen LogP contribution in [0.5, 0.6) is 5.75 Å². The third-order valence-electron chi connectivity index (χ3n) is 4.45. The Balaban J connectivity index is 1.40. The molecular formula is C17H18ClN3O2. The van der Waals surface area contributed by atoms with Crippen molar-refractivity contribution in [2.45, 2.75) is 44.9 Å². The Kier molecular flexibility index (Phi) is 3.53. The van der Waals surface area contributed by atoms with E-state index in [1.54, 1.807) is 6.07 Å². The van der Waals surface area contributed by atoms with Crippen LogP contribution in [0, 0.1) is 6.92 Å². The topological polar surface area (TPSA) is 56.2 Å². The van der Waals surface area contributed by atoms with Gasteiger partial charge in [0.25, 0.3) is 5.91 Å². The first kappa shape index (κ1) is 14.6. The van der Waals surface area contributed by atoms with Crippen LogP contribution in [0.1, 0.15) is 23.5 Å². The second-order valence-corrected chi connectivity index (χ2v) is 6.69. The lowest BCUT2D eigenvalue weighted by molar-refractivity contribution is -0.128. The quantitative estimate of drug-likeness (QED) is 0.918. The van der Waals surface area contributed by atoms with Gasteiger partial charge in [0.1, 0.15) is 11.6 Å². The largest absolute Gasteiger partial charge is 0.480 e. The summed E-state index contributed by atoms with van der Waals surface area (Å²) in [7, 11) is 0. The van der Waals surface area contributed by atoms with Gasteiger partial charge in [0.2, 0.25) is 0 Å². The molecule has 0 saturated carbocycles. The first-order valence-electron chi connectivity index (χ1n) is 7.86. The highest BCUT2D eigenvalue weighted by atomic mass is 35.5. The van der Waals surface area contributed by atoms with Crippen LogP contribution in [0.3, 0.4) is 0 Å². The van der Waals surface area contributed by atoms with Crippen LogP contribution in [0.2, 0.25) is 5.02 Å². The average Bonchev–Trinajstić information content (AvgIpc) is 3.08. The summed E-state index contributed by atoms with van der Waals surface area (Å²) in [6.45, 7) is 2.76. The maximum absolute atomic E-state index is 12.5. The first-order chi connectivity index (χ1) is 11.1. The van der Waals surface area contributed by atoms with Crippen molar-refractivity contribution in [2.75, 3.05) is 0 Å². The lowest BCUT2D eigenvalue weighted by Crippen LogP contribution is -2.46. The molecule has 6 heteroatoms. The number of benzene rings is 1. The predicted octanol–water partition coefficient (Wildman–Crippen LogP) is 2.28. The summed E-state index contributed by atoms with van der Waals surface area (Å²) in [4.78, 5) is 17.0. The number of nitrogens with one attached hydrogen (secondary N) is 1. The second-order valence-electron chi connectivity index (χ2n) is 6.26. The highest BCUT2D eigenvalue weighted by Crippen LogP contribution is 2.31. The van der Waals surface area contributed by atoms with Crippen molar-refractivity contribution >= 4 is 17.5 Å². The molecule has 0 fully saturated rings. The van der Waals surface area contributed by atoms with Gasteiger partial charge in [-0.05, 0) is 37.1 Å². The van der Waals surface area contributed by atoms with Gasteiger partial charge < -0.3 is 14.6 Å². The van der Waals surface area contributed by atoms with Crippen LogP contribution >= 0.6 is 11.6 Å². The summed E-state index contributed by atoms with van der Waals surface area (Å²) < 4.78 is 7.88. The molecule has 4 rings (SSSR count). The van der Waals surface area contributed by atoms with E-state index < -0.39 is 6.10 Å². The van der Waals surface area contributed by atoms with Crippen molar-refractivity contribution in [3.05, 3.63) is 46.5 Å². The van der Waals surface area contributed by atoms with Gasteiger partial charge >= 0.3 is 0 Å². The van der Waals surface area contributed by atoms with E-state index in [0.29, 0.717) is 11.4 Å². The Morgan fingerprint density at radius 3 is 3.22 bits per heavy atom. The molecule has 1 aromatic heterocycles. The molecule has 0 saturated heterocycles. The van der Waals surface area contributed by atoms with E-state index in [9.17, 15) is 4.79 Å². The fourth-order valence-electron chi connectivity index (χ4n) is 3.36. The van der Waals surface area contributed by atoms with Crippen molar-refractivity contribution < 1.29 is 9.53 Å². The number of hydrogen-bond acceptors (Lipinski definition) is 3. The molecule has 1 amide bonds. The Morgan fingerprint density at radius 2 is 2.35 bits per heavy atom. The van der Waals surface area contributed by atoms with Gasteiger partial charge in [0.05, 0.1) is 5.69 Å². The molecule has 0 aliphatic carbocycles. The summed E-state index contributed by atoms with van der Waals surface area (Å²) in [6, 6.07) is 5.60. The van der Waals surface area contributed by atoms with Gasteiger partial charge in [-0.15, -0.1) is 0 Å². The summed E-state index contributed by atoms with van der Waals surface area (Å²) in [5.74, 6) is 1.81. The van der Waals surface area contributed by atoms with E-state index in [1.807, 2.05) is 25.3 Å². The van der Waals surface area contributed by atoms with Crippen LogP contribution in [0.4, 0.5) is 0 Å². The van der Waals surface area contributed by atoms with Crippen LogP contribution in [0.25, 0.3) is 0 Å². The van der Waals surface area contributed by atoms with E-state index >= 15 is 0 Å². The number of ether oxygens (including phenoxy) is 1. The SMILES string of the molecule is Cc1cn2c(n1)CC[C@@H](NC(=O)[C@@H]1Cc3cc(Cl)ccc3O1)C2. The van der Waals surface area contributed by atoms with E-state index in [0.717, 1.165) is 42.2 Å². The Bertz CT molecular complexity index is 771. The third-order valence-corrected chi connectivity index (χ3v) is 4.68. The summed E-state index contributed by atoms with van der Waals surface area (Å²) in [5, 5.41) is 3.78. The molecule has 1 N–H and O–H groups in total. The fraction of sp³-hybridized carbons (Fsp3) is 0.412. The van der Waals surface area contributed by atoms with Crippen molar-refractivity contribution in [2.24, 2.45) is 0 Å². The second kappa shape index (κ2) is 5.57. The number of aromatic nitrogens is 2. The lowest BCUT2D eigenvalue weighted by Gasteiger charge is -2.25. The van der Waals surface area contributed by atoms with Crippen LogP contribution in [-0.2, 0) is 24.2 Å². The van der Waals surface area contributed by atoms with Crippen molar-refractivity contribution in [3.63, 3.8) is 0 Å². The number of carbonyl (C=O) groups excluding carboxylic acids is 1. The van der Waals surface area contributed by atoms with Gasteiger partial charge in [-0.25, -0.2) is 4.98 Å². The normalized spacial score (nSPS) is 22.2. The van der Waals surface area contributed by atoms with Crippen molar-refractivity contribution in [1.82, 2.24) is 14.9 Å². The molecule has 2 aliphatic rings. The number of rotatable bonds is 2. The lowest BCUT2D eigenvalue weighted by atomic mass is 10.1. The van der Waals surface area contributed by atoms with E-state index in [-0.39, 0.29) is 11.9 Å². The molecule has 0 unspecified atom stereocenters. The molecule has 0 radical (unpaired) electrons. The van der Waals surface area contributed by atoms with Gasteiger partial charge in [0.15, 0.2) is 6.10 Å². The zero-order valence-corrected chi connectivity index (χ0v) is 13.6. The molecule has 3 heterocycles. The Hall–Kier alpha value is -2.01. The zero-order valence-electron chi connectivity index (χ0n) is 12.9. The molecule has 2 aliphatic heterocycles. The highest BCUT2D eigenvalue weighted by Gasteiger charge is 2.31. The molecule has 2 atom stereocenters. The molecule has 120 valence electrons. The first-order valence-corrected chi connectivity index (χ1v) is 8.24. The van der Waals surface area contributed by atoms with E-state index in [1.165, 1.54) is 0 Å². The van der Waals surface area contributed by atoms with E-state index in [4.69, 9.17) is 16.3 Å². The minimum atomic E-state index is -0.464. The van der Waals surface area contributed by atoms with Crippen LogP contribution < -0.4 is 10.1 Å². The monoisotopic (exact) mass is 331 g/mol. The molecule has 0 bridgehead atoms. The van der Waals surface area contributed by atoms with Crippen LogP contribution in [0.15, 0.2) is 24.4 Å². The maximum Gasteiger partial charge on any atom is 0.261 e. The van der Waals surface area contributed by atoms with Gasteiger partial charge in [0, 0.05) is 36.6 Å². The fourth-order valence-corrected chi connectivity index (χ4v) is 3.56. The minimum absolute atomic E-state index is 0.0531. The van der Waals surface area contributed by atoms with Crippen molar-refractivity contribution in [3.8, 4) is 5.75 Å². The zero-order chi connectivity index (χ0) is 16.0. The molecule has 1 aromatic carbocycles. The molecular weight excluding hydrogens is 314 g/mol. The number of imidazole rings is 1. The number of hydrogen-bond donors (Lipinski definition) is 1. The van der Waals surface area contributed by atoms with Gasteiger partial charge in [-0.1, -0.05) is 11.6 Å². The maximum atomic E-state index is 12.5. The molecule has 0 spiro atoms. The third kappa shape index (κ3) is 2.81. The number of aryl methyl sites for hydroxylation is 2. The van der Waals surface area contributed by atoms with Gasteiger partial charge in [-0.2, -0.15) is 0 Å². The van der Waals surface area contributed by atoms with Crippen LogP contribution in [-0.4, -0.2) is 27.6 Å². The minimum Gasteiger partial charge on any atom is -0.480 e. The highest BCUT2D eigenvalue weighted by molar-refractivity contribution is 6.30. The average molecular weight is 332 g/mol. The molecule has 2 aromatic rings. The Labute approximate surface area is 139 Å².